The van der Waals surface area contributed by atoms with Crippen LogP contribution in [0, 0.1) is 11.8 Å². The molecule has 0 spiro atoms. The Balaban J connectivity index is 1.44. The number of carboxylic acids is 1. The predicted octanol–water partition coefficient (Wildman–Crippen LogP) is 3.75. The fourth-order valence-electron chi connectivity index (χ4n) is 4.87. The van der Waals surface area contributed by atoms with Crippen molar-refractivity contribution < 1.29 is 28.9 Å². The third-order valence-corrected chi connectivity index (χ3v) is 7.68. The van der Waals surface area contributed by atoms with Crippen molar-refractivity contribution in [2.75, 3.05) is 43.2 Å². The van der Waals surface area contributed by atoms with Gasteiger partial charge < -0.3 is 24.2 Å². The largest absolute Gasteiger partial charge is 0.479 e. The summed E-state index contributed by atoms with van der Waals surface area (Å²) in [5.41, 5.74) is 0.597. The second-order valence-corrected chi connectivity index (χ2v) is 9.84. The fraction of sp³-hybridized carbons (Fsp3) is 0.536. The van der Waals surface area contributed by atoms with Gasteiger partial charge in [-0.25, -0.2) is 4.79 Å². The topological polar surface area (TPSA) is 101 Å². The zero-order valence-electron chi connectivity index (χ0n) is 21.8. The molecule has 1 amide bonds. The molecule has 1 N–H and O–H groups in total. The van der Waals surface area contributed by atoms with Crippen molar-refractivity contribution in [1.82, 2.24) is 4.98 Å². The molecule has 2 fully saturated rings. The van der Waals surface area contributed by atoms with Gasteiger partial charge in [0.15, 0.2) is 0 Å². The highest BCUT2D eigenvalue weighted by Crippen LogP contribution is 2.41. The van der Waals surface area contributed by atoms with Crippen molar-refractivity contribution in [2.24, 2.45) is 11.8 Å². The van der Waals surface area contributed by atoms with Crippen molar-refractivity contribution in [2.45, 2.75) is 51.4 Å². The van der Waals surface area contributed by atoms with Gasteiger partial charge in [0.1, 0.15) is 17.0 Å². The van der Waals surface area contributed by atoms with E-state index in [1.165, 1.54) is 4.90 Å². The molecule has 1 aromatic carbocycles. The van der Waals surface area contributed by atoms with Crippen LogP contribution in [0.15, 0.2) is 42.5 Å². The summed E-state index contributed by atoms with van der Waals surface area (Å²) in [5, 5.41) is 9.97. The Morgan fingerprint density at radius 1 is 1.14 bits per heavy atom. The summed E-state index contributed by atoms with van der Waals surface area (Å²) in [7, 11) is 1.69. The second-order valence-electron chi connectivity index (χ2n) is 9.84. The predicted molar refractivity (Wildman–Crippen MR) is 140 cm³/mol. The van der Waals surface area contributed by atoms with Crippen molar-refractivity contribution in [3.05, 3.63) is 48.0 Å². The van der Waals surface area contributed by atoms with Crippen LogP contribution in [0.4, 0.5) is 11.5 Å². The van der Waals surface area contributed by atoms with Crippen LogP contribution in [0.25, 0.3) is 0 Å². The Kier molecular flexibility index (Phi) is 8.66. The normalized spacial score (nSPS) is 19.3. The zero-order valence-corrected chi connectivity index (χ0v) is 21.8. The van der Waals surface area contributed by atoms with E-state index >= 15 is 0 Å². The zero-order chi connectivity index (χ0) is 26.4. The Hall–Kier alpha value is -3.17. The molecule has 0 bridgehead atoms. The van der Waals surface area contributed by atoms with Gasteiger partial charge >= 0.3 is 5.97 Å². The molecule has 1 saturated carbocycles. The van der Waals surface area contributed by atoms with Gasteiger partial charge in [-0.3, -0.25) is 9.69 Å². The number of anilines is 2. The maximum absolute atomic E-state index is 12.2. The fourth-order valence-corrected chi connectivity index (χ4v) is 4.87. The number of nitrogens with zero attached hydrogens (tertiary/aromatic N) is 3. The molecule has 4 rings (SSSR count). The van der Waals surface area contributed by atoms with Crippen LogP contribution in [-0.2, 0) is 25.7 Å². The Morgan fingerprint density at radius 3 is 2.46 bits per heavy atom. The number of amides is 1. The van der Waals surface area contributed by atoms with Crippen molar-refractivity contribution >= 4 is 23.9 Å². The van der Waals surface area contributed by atoms with E-state index in [9.17, 15) is 14.7 Å². The minimum atomic E-state index is -1.37. The first-order valence-electron chi connectivity index (χ1n) is 13.0. The average molecular weight is 512 g/mol. The third-order valence-electron chi connectivity index (χ3n) is 7.68. The molecule has 1 saturated heterocycles. The highest BCUT2D eigenvalue weighted by atomic mass is 16.5. The minimum Gasteiger partial charge on any atom is -0.479 e. The number of methoxy groups -OCH3 is 1. The maximum atomic E-state index is 12.2. The van der Waals surface area contributed by atoms with Gasteiger partial charge in [0.05, 0.1) is 25.9 Å². The lowest BCUT2D eigenvalue weighted by atomic mass is 9.91. The van der Waals surface area contributed by atoms with E-state index < -0.39 is 11.5 Å². The molecule has 9 heteroatoms. The number of carboxylic acid groups (broad SMARTS) is 1. The lowest BCUT2D eigenvalue weighted by Gasteiger charge is -2.41. The number of carbonyl (C=O) groups excluding carboxylic acids is 1. The lowest BCUT2D eigenvalue weighted by Crippen LogP contribution is -2.54. The summed E-state index contributed by atoms with van der Waals surface area (Å²) >= 11 is 0. The van der Waals surface area contributed by atoms with Crippen LogP contribution < -0.4 is 14.5 Å². The van der Waals surface area contributed by atoms with Crippen molar-refractivity contribution in [1.29, 1.82) is 0 Å². The van der Waals surface area contributed by atoms with Crippen LogP contribution in [0.5, 0.6) is 5.88 Å². The molecular formula is C28H37N3O6. The van der Waals surface area contributed by atoms with E-state index in [4.69, 9.17) is 14.2 Å². The maximum Gasteiger partial charge on any atom is 0.330 e. The first-order valence-corrected chi connectivity index (χ1v) is 13.0. The summed E-state index contributed by atoms with van der Waals surface area (Å²) in [6.07, 6.45) is 2.23. The van der Waals surface area contributed by atoms with Gasteiger partial charge in [-0.2, -0.15) is 4.98 Å². The van der Waals surface area contributed by atoms with E-state index in [2.05, 4.69) is 22.0 Å². The number of benzene rings is 1. The Morgan fingerprint density at radius 2 is 1.84 bits per heavy atom. The second kappa shape index (κ2) is 11.9. The molecule has 1 aliphatic carbocycles. The molecule has 2 aromatic rings. The SMILES string of the molecule is CCC(CC)(C(=O)O)N(C=O)c1ccc(N2CC(OC)C2)c(OC[C@H]2C[C@@H]2COCc2ccccc2)n1. The molecule has 2 atom stereocenters. The number of rotatable bonds is 15. The highest BCUT2D eigenvalue weighted by molar-refractivity contribution is 5.91. The van der Waals surface area contributed by atoms with Crippen LogP contribution in [-0.4, -0.2) is 67.5 Å². The molecule has 0 unspecified atom stereocenters. The summed E-state index contributed by atoms with van der Waals surface area (Å²) in [6.45, 7) is 6.71. The lowest BCUT2D eigenvalue weighted by molar-refractivity contribution is -0.144. The van der Waals surface area contributed by atoms with E-state index in [0.29, 0.717) is 57.0 Å². The molecule has 1 aromatic heterocycles. The molecule has 200 valence electrons. The standard InChI is InChI=1S/C28H37N3O6/c1-4-28(5-2,27(33)34)31(19-32)25-12-11-24(30-14-23(15-30)35-3)26(29-25)37-18-22-13-21(22)17-36-16-20-9-7-6-8-10-20/h6-12,19,21-23H,4-5,13-18H2,1-3H3,(H,33,34)/t21-,22-/m1/s1. The summed E-state index contributed by atoms with van der Waals surface area (Å²) in [6, 6.07) is 13.6. The molecule has 0 radical (unpaired) electrons. The quantitative estimate of drug-likeness (QED) is 0.361. The monoisotopic (exact) mass is 511 g/mol. The van der Waals surface area contributed by atoms with E-state index in [0.717, 1.165) is 17.7 Å². The molecule has 2 aliphatic rings. The number of ether oxygens (including phenoxy) is 3. The summed E-state index contributed by atoms with van der Waals surface area (Å²) in [4.78, 5) is 32.3. The Labute approximate surface area is 218 Å². The smallest absolute Gasteiger partial charge is 0.330 e. The molecular weight excluding hydrogens is 474 g/mol. The molecule has 9 nitrogen and oxygen atoms in total. The van der Waals surface area contributed by atoms with E-state index in [1.54, 1.807) is 27.0 Å². The van der Waals surface area contributed by atoms with Gasteiger partial charge in [-0.05, 0) is 48.8 Å². The van der Waals surface area contributed by atoms with Crippen LogP contribution in [0.2, 0.25) is 0 Å². The number of aromatic nitrogens is 1. The van der Waals surface area contributed by atoms with E-state index in [-0.39, 0.29) is 24.8 Å². The minimum absolute atomic E-state index is 0.147. The number of hydrogen-bond donors (Lipinski definition) is 1. The molecule has 37 heavy (non-hydrogen) atoms. The van der Waals surface area contributed by atoms with Gasteiger partial charge in [0.2, 0.25) is 12.3 Å². The molecule has 2 heterocycles. The van der Waals surface area contributed by atoms with Crippen molar-refractivity contribution in [3.8, 4) is 5.88 Å². The van der Waals surface area contributed by atoms with E-state index in [1.807, 2.05) is 24.3 Å². The van der Waals surface area contributed by atoms with Crippen LogP contribution in [0.3, 0.4) is 0 Å². The number of pyridine rings is 1. The van der Waals surface area contributed by atoms with Crippen molar-refractivity contribution in [3.63, 3.8) is 0 Å². The number of aliphatic carboxylic acids is 1. The van der Waals surface area contributed by atoms with Gasteiger partial charge in [0.25, 0.3) is 0 Å². The Bertz CT molecular complexity index is 1060. The third kappa shape index (κ3) is 5.88. The van der Waals surface area contributed by atoms with Crippen LogP contribution >= 0.6 is 0 Å². The van der Waals surface area contributed by atoms with Gasteiger partial charge in [-0.15, -0.1) is 0 Å². The van der Waals surface area contributed by atoms with Gasteiger partial charge in [-0.1, -0.05) is 44.2 Å². The summed E-state index contributed by atoms with van der Waals surface area (Å²) < 4.78 is 17.5. The first kappa shape index (κ1) is 26.9. The number of hydrogen-bond acceptors (Lipinski definition) is 7. The van der Waals surface area contributed by atoms with Gasteiger partial charge in [0, 0.05) is 20.2 Å². The van der Waals surface area contributed by atoms with Crippen LogP contribution in [0.1, 0.15) is 38.7 Å². The highest BCUT2D eigenvalue weighted by Gasteiger charge is 2.43. The first-order chi connectivity index (χ1) is 17.9. The molecule has 1 aliphatic heterocycles. The number of carbonyl (C=O) groups is 2. The average Bonchev–Trinajstić information content (AvgIpc) is 3.64. The summed E-state index contributed by atoms with van der Waals surface area (Å²) in [5.74, 6) is 0.413.